The van der Waals surface area contributed by atoms with Gasteiger partial charge in [0.15, 0.2) is 5.82 Å². The maximum Gasteiger partial charge on any atom is 0.259 e. The molecule has 1 N–H and O–H groups in total. The first-order valence-corrected chi connectivity index (χ1v) is 8.02. The zero-order valence-electron chi connectivity index (χ0n) is 15.1. The molecule has 7 heteroatoms. The van der Waals surface area contributed by atoms with Crippen LogP contribution < -0.4 is 19.8 Å². The number of allylic oxidation sites excluding steroid dienone is 1. The van der Waals surface area contributed by atoms with Crippen molar-refractivity contribution in [1.82, 2.24) is 9.97 Å². The minimum atomic E-state index is -0.354. The lowest BCUT2D eigenvalue weighted by Gasteiger charge is -2.08. The minimum absolute atomic E-state index is 0.171. The molecule has 0 aliphatic rings. The lowest BCUT2D eigenvalue weighted by Crippen LogP contribution is -2.11. The molecule has 0 radical (unpaired) electrons. The van der Waals surface area contributed by atoms with Crippen molar-refractivity contribution in [2.75, 3.05) is 21.3 Å². The molecule has 0 spiro atoms. The van der Waals surface area contributed by atoms with Crippen LogP contribution in [0.1, 0.15) is 11.4 Å². The summed E-state index contributed by atoms with van der Waals surface area (Å²) in [5.74, 6) is 1.91. The Bertz CT molecular complexity index is 1130. The van der Waals surface area contributed by atoms with Crippen molar-refractivity contribution in [3.8, 4) is 23.3 Å². The number of benzene rings is 2. The van der Waals surface area contributed by atoms with Crippen molar-refractivity contribution in [1.29, 1.82) is 5.26 Å². The van der Waals surface area contributed by atoms with E-state index < -0.39 is 0 Å². The lowest BCUT2D eigenvalue weighted by atomic mass is 10.1. The molecule has 0 atom stereocenters. The highest BCUT2D eigenvalue weighted by Gasteiger charge is 2.11. The monoisotopic (exact) mass is 363 g/mol. The quantitative estimate of drug-likeness (QED) is 0.700. The fourth-order valence-electron chi connectivity index (χ4n) is 2.63. The van der Waals surface area contributed by atoms with Crippen molar-refractivity contribution in [2.24, 2.45) is 0 Å². The van der Waals surface area contributed by atoms with Crippen LogP contribution in [0.3, 0.4) is 0 Å². The summed E-state index contributed by atoms with van der Waals surface area (Å²) in [6.45, 7) is 0. The van der Waals surface area contributed by atoms with Crippen LogP contribution in [0.5, 0.6) is 17.2 Å². The van der Waals surface area contributed by atoms with E-state index in [2.05, 4.69) is 16.0 Å². The Morgan fingerprint density at radius 1 is 1.07 bits per heavy atom. The first-order chi connectivity index (χ1) is 13.1. The van der Waals surface area contributed by atoms with E-state index >= 15 is 0 Å². The van der Waals surface area contributed by atoms with Crippen molar-refractivity contribution in [2.45, 2.75) is 0 Å². The Labute approximate surface area is 155 Å². The molecular formula is C20H17N3O4. The Kier molecular flexibility index (Phi) is 5.08. The number of ether oxygens (including phenoxy) is 3. The van der Waals surface area contributed by atoms with Crippen LogP contribution in [0, 0.1) is 11.3 Å². The highest BCUT2D eigenvalue weighted by atomic mass is 16.5. The van der Waals surface area contributed by atoms with Gasteiger partial charge in [-0.05, 0) is 42.5 Å². The minimum Gasteiger partial charge on any atom is -0.497 e. The van der Waals surface area contributed by atoms with Gasteiger partial charge in [-0.3, -0.25) is 4.79 Å². The topological polar surface area (TPSA) is 97.2 Å². The fourth-order valence-corrected chi connectivity index (χ4v) is 2.63. The molecule has 7 nitrogen and oxygen atoms in total. The smallest absolute Gasteiger partial charge is 0.259 e. The number of aromatic amines is 1. The van der Waals surface area contributed by atoms with Gasteiger partial charge >= 0.3 is 0 Å². The van der Waals surface area contributed by atoms with Crippen LogP contribution in [0.4, 0.5) is 0 Å². The van der Waals surface area contributed by atoms with Gasteiger partial charge in [-0.15, -0.1) is 0 Å². The van der Waals surface area contributed by atoms with E-state index in [1.165, 1.54) is 14.2 Å². The second kappa shape index (κ2) is 7.62. The summed E-state index contributed by atoms with van der Waals surface area (Å²) < 4.78 is 15.7. The number of nitrogens with zero attached hydrogens (tertiary/aromatic N) is 2. The molecule has 0 amide bonds. The Hall–Kier alpha value is -3.79. The summed E-state index contributed by atoms with van der Waals surface area (Å²) in [4.78, 5) is 19.5. The van der Waals surface area contributed by atoms with Crippen LogP contribution >= 0.6 is 0 Å². The summed E-state index contributed by atoms with van der Waals surface area (Å²) in [7, 11) is 4.61. The largest absolute Gasteiger partial charge is 0.497 e. The first kappa shape index (κ1) is 18.0. The van der Waals surface area contributed by atoms with Gasteiger partial charge in [-0.25, -0.2) is 4.98 Å². The molecule has 1 aromatic heterocycles. The van der Waals surface area contributed by atoms with Gasteiger partial charge in [0, 0.05) is 5.56 Å². The number of nitriles is 1. The van der Waals surface area contributed by atoms with Crippen LogP contribution in [-0.4, -0.2) is 31.3 Å². The highest BCUT2D eigenvalue weighted by Crippen LogP contribution is 2.28. The van der Waals surface area contributed by atoms with E-state index in [0.717, 1.165) is 0 Å². The van der Waals surface area contributed by atoms with Gasteiger partial charge in [0.25, 0.3) is 5.56 Å². The van der Waals surface area contributed by atoms with Crippen molar-refractivity contribution in [3.05, 3.63) is 58.1 Å². The molecule has 27 heavy (non-hydrogen) atoms. The second-order valence-corrected chi connectivity index (χ2v) is 5.58. The second-order valence-electron chi connectivity index (χ2n) is 5.58. The van der Waals surface area contributed by atoms with Gasteiger partial charge in [0.05, 0.1) is 37.8 Å². The van der Waals surface area contributed by atoms with Crippen LogP contribution in [0.25, 0.3) is 22.6 Å². The first-order valence-electron chi connectivity index (χ1n) is 8.02. The molecule has 0 saturated carbocycles. The predicted molar refractivity (Wildman–Crippen MR) is 102 cm³/mol. The Balaban J connectivity index is 2.15. The van der Waals surface area contributed by atoms with E-state index in [-0.39, 0.29) is 17.0 Å². The van der Waals surface area contributed by atoms with E-state index in [0.29, 0.717) is 33.7 Å². The van der Waals surface area contributed by atoms with Crippen molar-refractivity contribution < 1.29 is 14.2 Å². The van der Waals surface area contributed by atoms with Crippen molar-refractivity contribution in [3.63, 3.8) is 0 Å². The van der Waals surface area contributed by atoms with Crippen LogP contribution in [0.2, 0.25) is 0 Å². The standard InChI is InChI=1S/C20H17N3O4/c1-25-14-5-7-18(27-3)12(9-14)8-13(11-21)19-22-17-6-4-15(26-2)10-16(17)20(24)23-19/h4-10H,1-3H3,(H,22,23,24). The average Bonchev–Trinajstić information content (AvgIpc) is 2.71. The summed E-state index contributed by atoms with van der Waals surface area (Å²) in [5.41, 5.74) is 0.934. The van der Waals surface area contributed by atoms with Gasteiger partial charge in [0.1, 0.15) is 23.3 Å². The van der Waals surface area contributed by atoms with Crippen molar-refractivity contribution >= 4 is 22.6 Å². The lowest BCUT2D eigenvalue weighted by molar-refractivity contribution is 0.402. The van der Waals surface area contributed by atoms with Crippen LogP contribution in [0.15, 0.2) is 41.2 Å². The zero-order chi connectivity index (χ0) is 19.4. The molecule has 3 aromatic rings. The molecule has 0 bridgehead atoms. The fraction of sp³-hybridized carbons (Fsp3) is 0.150. The summed E-state index contributed by atoms with van der Waals surface area (Å²) >= 11 is 0. The molecule has 136 valence electrons. The summed E-state index contributed by atoms with van der Waals surface area (Å²) in [5, 5.41) is 9.99. The number of aromatic nitrogens is 2. The Morgan fingerprint density at radius 2 is 1.78 bits per heavy atom. The molecular weight excluding hydrogens is 346 g/mol. The third-order valence-corrected chi connectivity index (χ3v) is 4.02. The molecule has 0 aliphatic heterocycles. The van der Waals surface area contributed by atoms with Gasteiger partial charge in [0.2, 0.25) is 0 Å². The zero-order valence-corrected chi connectivity index (χ0v) is 15.1. The van der Waals surface area contributed by atoms with Crippen LogP contribution in [-0.2, 0) is 0 Å². The molecule has 1 heterocycles. The average molecular weight is 363 g/mol. The molecule has 0 saturated heterocycles. The van der Waals surface area contributed by atoms with E-state index in [4.69, 9.17) is 14.2 Å². The maximum atomic E-state index is 12.4. The van der Waals surface area contributed by atoms with Gasteiger partial charge in [-0.1, -0.05) is 0 Å². The Morgan fingerprint density at radius 3 is 2.44 bits per heavy atom. The third kappa shape index (κ3) is 3.60. The molecule has 3 rings (SSSR count). The van der Waals surface area contributed by atoms with Gasteiger partial charge < -0.3 is 19.2 Å². The SMILES string of the molecule is COc1ccc(OC)c(C=C(C#N)c2nc3ccc(OC)cc3c(=O)[nH]2)c1. The molecule has 0 unspecified atom stereocenters. The number of hydrogen-bond acceptors (Lipinski definition) is 6. The van der Waals surface area contributed by atoms with E-state index in [9.17, 15) is 10.1 Å². The number of fused-ring (bicyclic) bond motifs is 1. The summed E-state index contributed by atoms with van der Waals surface area (Å²) in [6.07, 6.45) is 1.59. The number of rotatable bonds is 5. The number of methoxy groups -OCH3 is 3. The molecule has 0 fully saturated rings. The highest BCUT2D eigenvalue weighted by molar-refractivity contribution is 5.90. The molecule has 0 aliphatic carbocycles. The van der Waals surface area contributed by atoms with Gasteiger partial charge in [-0.2, -0.15) is 5.26 Å². The van der Waals surface area contributed by atoms with E-state index in [1.54, 1.807) is 49.6 Å². The third-order valence-electron chi connectivity index (χ3n) is 4.02. The normalized spacial score (nSPS) is 11.1. The summed E-state index contributed by atoms with van der Waals surface area (Å²) in [6, 6.07) is 12.3. The van der Waals surface area contributed by atoms with E-state index in [1.807, 2.05) is 0 Å². The number of H-pyrrole nitrogens is 1. The maximum absolute atomic E-state index is 12.4. The predicted octanol–water partition coefficient (Wildman–Crippen LogP) is 3.01. The number of hydrogen-bond donors (Lipinski definition) is 1. The molecule has 2 aromatic carbocycles. The number of nitrogens with one attached hydrogen (secondary N) is 1.